The molecule has 0 atom stereocenters. The molecule has 1 aromatic carbocycles. The van der Waals surface area contributed by atoms with Crippen molar-refractivity contribution in [1.29, 1.82) is 0 Å². The number of ketones is 1. The van der Waals surface area contributed by atoms with Crippen LogP contribution in [0.5, 0.6) is 5.75 Å². The van der Waals surface area contributed by atoms with Gasteiger partial charge in [-0.2, -0.15) is 11.3 Å². The van der Waals surface area contributed by atoms with Gasteiger partial charge in [0.1, 0.15) is 5.75 Å². The molecule has 1 fully saturated rings. The van der Waals surface area contributed by atoms with Crippen LogP contribution in [0.15, 0.2) is 53.2 Å². The van der Waals surface area contributed by atoms with Gasteiger partial charge in [-0.15, -0.1) is 11.3 Å². The molecule has 1 aliphatic rings. The molecule has 0 radical (unpaired) electrons. The van der Waals surface area contributed by atoms with Gasteiger partial charge >= 0.3 is 0 Å². The molecule has 0 saturated carbocycles. The number of hydrogen-bond acceptors (Lipinski definition) is 6. The number of ether oxygens (including phenoxy) is 2. The SMILES string of the molecule is COc1ccc(C2(C(=O)NCc3ccc(C(=O)c4ccsc4)s3)CCOCC2)cc1. The first kappa shape index (κ1) is 20.8. The van der Waals surface area contributed by atoms with Gasteiger partial charge in [-0.1, -0.05) is 12.1 Å². The maximum absolute atomic E-state index is 13.3. The van der Waals surface area contributed by atoms with Gasteiger partial charge in [-0.05, 0) is 54.1 Å². The van der Waals surface area contributed by atoms with E-state index in [2.05, 4.69) is 5.32 Å². The number of benzene rings is 1. The zero-order chi connectivity index (χ0) is 21.0. The average Bonchev–Trinajstić information content (AvgIpc) is 3.50. The maximum atomic E-state index is 13.3. The second kappa shape index (κ2) is 9.12. The minimum absolute atomic E-state index is 0.00456. The van der Waals surface area contributed by atoms with E-state index in [0.29, 0.717) is 43.0 Å². The molecule has 1 N–H and O–H groups in total. The number of rotatable bonds is 7. The first-order valence-corrected chi connectivity index (χ1v) is 11.5. The van der Waals surface area contributed by atoms with Gasteiger partial charge in [-0.25, -0.2) is 0 Å². The van der Waals surface area contributed by atoms with Crippen molar-refractivity contribution >= 4 is 34.4 Å². The molecule has 3 heterocycles. The van der Waals surface area contributed by atoms with Crippen molar-refractivity contribution in [1.82, 2.24) is 5.32 Å². The zero-order valence-electron chi connectivity index (χ0n) is 16.7. The van der Waals surface area contributed by atoms with Gasteiger partial charge in [0.15, 0.2) is 0 Å². The van der Waals surface area contributed by atoms with E-state index >= 15 is 0 Å². The Kier molecular flexibility index (Phi) is 6.32. The van der Waals surface area contributed by atoms with Crippen LogP contribution < -0.4 is 10.1 Å². The molecule has 0 aliphatic carbocycles. The van der Waals surface area contributed by atoms with Gasteiger partial charge in [0.05, 0.1) is 23.9 Å². The second-order valence-electron chi connectivity index (χ2n) is 7.21. The number of hydrogen-bond donors (Lipinski definition) is 1. The van der Waals surface area contributed by atoms with Crippen molar-refractivity contribution in [3.63, 3.8) is 0 Å². The number of thiophene rings is 2. The fourth-order valence-corrected chi connectivity index (χ4v) is 5.29. The molecular formula is C23H23NO4S2. The summed E-state index contributed by atoms with van der Waals surface area (Å²) in [6.45, 7) is 1.51. The molecule has 4 rings (SSSR count). The zero-order valence-corrected chi connectivity index (χ0v) is 18.3. The molecule has 1 saturated heterocycles. The Morgan fingerprint density at radius 3 is 2.53 bits per heavy atom. The first-order chi connectivity index (χ1) is 14.6. The molecule has 7 heteroatoms. The molecule has 2 aromatic heterocycles. The quantitative estimate of drug-likeness (QED) is 0.552. The Morgan fingerprint density at radius 2 is 1.87 bits per heavy atom. The Morgan fingerprint density at radius 1 is 1.10 bits per heavy atom. The van der Waals surface area contributed by atoms with E-state index in [9.17, 15) is 9.59 Å². The summed E-state index contributed by atoms with van der Waals surface area (Å²) < 4.78 is 10.8. The lowest BCUT2D eigenvalue weighted by atomic mass is 9.73. The lowest BCUT2D eigenvalue weighted by molar-refractivity contribution is -0.130. The van der Waals surface area contributed by atoms with Crippen LogP contribution in [0.1, 0.15) is 38.5 Å². The summed E-state index contributed by atoms with van der Waals surface area (Å²) in [5.74, 6) is 0.788. The van der Waals surface area contributed by atoms with Crippen LogP contribution in [0.3, 0.4) is 0 Å². The average molecular weight is 442 g/mol. The third kappa shape index (κ3) is 4.19. The van der Waals surface area contributed by atoms with Crippen LogP contribution in [-0.4, -0.2) is 32.0 Å². The maximum Gasteiger partial charge on any atom is 0.231 e. The van der Waals surface area contributed by atoms with E-state index in [4.69, 9.17) is 9.47 Å². The molecule has 0 unspecified atom stereocenters. The van der Waals surface area contributed by atoms with E-state index in [1.165, 1.54) is 22.7 Å². The standard InChI is InChI=1S/C23H23NO4S2/c1-27-18-4-2-17(3-5-18)23(9-11-28-12-10-23)22(26)24-14-19-6-7-20(30-19)21(25)16-8-13-29-15-16/h2-8,13,15H,9-12,14H2,1H3,(H,24,26). The summed E-state index contributed by atoms with van der Waals surface area (Å²) >= 11 is 2.93. The molecule has 1 aliphatic heterocycles. The summed E-state index contributed by atoms with van der Waals surface area (Å²) in [7, 11) is 1.63. The highest BCUT2D eigenvalue weighted by molar-refractivity contribution is 7.14. The van der Waals surface area contributed by atoms with Gasteiger partial charge in [-0.3, -0.25) is 9.59 Å². The molecule has 5 nitrogen and oxygen atoms in total. The van der Waals surface area contributed by atoms with Crippen molar-refractivity contribution in [2.45, 2.75) is 24.8 Å². The van der Waals surface area contributed by atoms with Crippen molar-refractivity contribution in [2.24, 2.45) is 0 Å². The molecule has 3 aromatic rings. The molecule has 30 heavy (non-hydrogen) atoms. The Bertz CT molecular complexity index is 1000. The summed E-state index contributed by atoms with van der Waals surface area (Å²) in [5, 5.41) is 6.85. The van der Waals surface area contributed by atoms with E-state index in [0.717, 1.165) is 16.2 Å². The summed E-state index contributed by atoms with van der Waals surface area (Å²) in [6.07, 6.45) is 1.27. The molecule has 0 bridgehead atoms. The van der Waals surface area contributed by atoms with Crippen LogP contribution in [0.4, 0.5) is 0 Å². The number of nitrogens with one attached hydrogen (secondary N) is 1. The Labute approximate surface area is 183 Å². The minimum Gasteiger partial charge on any atom is -0.497 e. The molecule has 0 spiro atoms. The van der Waals surface area contributed by atoms with E-state index in [1.54, 1.807) is 7.11 Å². The number of amides is 1. The van der Waals surface area contributed by atoms with Crippen molar-refractivity contribution in [3.05, 3.63) is 74.1 Å². The largest absolute Gasteiger partial charge is 0.497 e. The second-order valence-corrected chi connectivity index (χ2v) is 9.16. The third-order valence-electron chi connectivity index (χ3n) is 5.52. The highest BCUT2D eigenvalue weighted by Gasteiger charge is 2.41. The lowest BCUT2D eigenvalue weighted by Gasteiger charge is -2.36. The number of carbonyl (C=O) groups is 2. The Hall–Kier alpha value is -2.48. The predicted octanol–water partition coefficient (Wildman–Crippen LogP) is 4.41. The topological polar surface area (TPSA) is 64.6 Å². The van der Waals surface area contributed by atoms with Crippen LogP contribution >= 0.6 is 22.7 Å². The van der Waals surface area contributed by atoms with E-state index in [-0.39, 0.29) is 11.7 Å². The molecular weight excluding hydrogens is 418 g/mol. The van der Waals surface area contributed by atoms with Gasteiger partial charge in [0.2, 0.25) is 11.7 Å². The fourth-order valence-electron chi connectivity index (χ4n) is 3.74. The molecule has 1 amide bonds. The summed E-state index contributed by atoms with van der Waals surface area (Å²) in [4.78, 5) is 27.5. The highest BCUT2D eigenvalue weighted by atomic mass is 32.1. The molecule has 156 valence electrons. The lowest BCUT2D eigenvalue weighted by Crippen LogP contribution is -2.47. The van der Waals surface area contributed by atoms with Crippen LogP contribution in [0, 0.1) is 0 Å². The van der Waals surface area contributed by atoms with Gasteiger partial charge in [0.25, 0.3) is 0 Å². The van der Waals surface area contributed by atoms with E-state index in [1.807, 2.05) is 53.2 Å². The Balaban J connectivity index is 1.47. The normalized spacial score (nSPS) is 15.5. The van der Waals surface area contributed by atoms with Crippen molar-refractivity contribution in [2.75, 3.05) is 20.3 Å². The number of methoxy groups -OCH3 is 1. The summed E-state index contributed by atoms with van der Waals surface area (Å²) in [6, 6.07) is 13.3. The van der Waals surface area contributed by atoms with Crippen LogP contribution in [0.25, 0.3) is 0 Å². The first-order valence-electron chi connectivity index (χ1n) is 9.78. The van der Waals surface area contributed by atoms with Crippen LogP contribution in [0.2, 0.25) is 0 Å². The smallest absolute Gasteiger partial charge is 0.231 e. The number of carbonyl (C=O) groups excluding carboxylic acids is 2. The third-order valence-corrected chi connectivity index (χ3v) is 7.28. The fraction of sp³-hybridized carbons (Fsp3) is 0.304. The summed E-state index contributed by atoms with van der Waals surface area (Å²) in [5.41, 5.74) is 1.07. The monoisotopic (exact) mass is 441 g/mol. The highest BCUT2D eigenvalue weighted by Crippen LogP contribution is 2.36. The minimum atomic E-state index is -0.614. The van der Waals surface area contributed by atoms with Crippen LogP contribution in [-0.2, 0) is 21.5 Å². The van der Waals surface area contributed by atoms with Gasteiger partial charge < -0.3 is 14.8 Å². The van der Waals surface area contributed by atoms with E-state index < -0.39 is 5.41 Å². The van der Waals surface area contributed by atoms with Crippen molar-refractivity contribution in [3.8, 4) is 5.75 Å². The van der Waals surface area contributed by atoms with Crippen molar-refractivity contribution < 1.29 is 19.1 Å². The predicted molar refractivity (Wildman–Crippen MR) is 119 cm³/mol. The van der Waals surface area contributed by atoms with Gasteiger partial charge in [0, 0.05) is 29.0 Å².